The minimum atomic E-state index is -0.223. The molecule has 1 aromatic heterocycles. The number of anilines is 2. The van der Waals surface area contributed by atoms with Crippen molar-refractivity contribution in [2.24, 2.45) is 0 Å². The summed E-state index contributed by atoms with van der Waals surface area (Å²) < 4.78 is 13.3. The van der Waals surface area contributed by atoms with Crippen LogP contribution in [0.1, 0.15) is 18.5 Å². The van der Waals surface area contributed by atoms with Crippen molar-refractivity contribution in [2.45, 2.75) is 25.4 Å². The first-order chi connectivity index (χ1) is 9.72. The molecule has 4 heteroatoms. The highest BCUT2D eigenvalue weighted by Crippen LogP contribution is 2.24. The van der Waals surface area contributed by atoms with E-state index in [0.29, 0.717) is 6.04 Å². The van der Waals surface area contributed by atoms with E-state index in [1.807, 2.05) is 30.1 Å². The minimum absolute atomic E-state index is 0.223. The molecule has 0 radical (unpaired) electrons. The fourth-order valence-corrected chi connectivity index (χ4v) is 2.14. The molecule has 2 aromatic rings. The van der Waals surface area contributed by atoms with Crippen LogP contribution in [-0.4, -0.2) is 18.1 Å². The zero-order valence-corrected chi connectivity index (χ0v) is 11.5. The number of nitrogens with one attached hydrogen (secondary N) is 1. The summed E-state index contributed by atoms with van der Waals surface area (Å²) in [5.74, 6) is -0.223. The fraction of sp³-hybridized carbons (Fsp3) is 0.312. The molecule has 1 heterocycles. The van der Waals surface area contributed by atoms with E-state index in [2.05, 4.69) is 10.3 Å². The van der Waals surface area contributed by atoms with Crippen LogP contribution in [0.15, 0.2) is 42.6 Å². The zero-order chi connectivity index (χ0) is 13.9. The van der Waals surface area contributed by atoms with Gasteiger partial charge in [0, 0.05) is 37.2 Å². The maximum Gasteiger partial charge on any atom is 0.125 e. The first kappa shape index (κ1) is 13.1. The number of hydrogen-bond donors (Lipinski definition) is 1. The topological polar surface area (TPSA) is 28.2 Å². The van der Waals surface area contributed by atoms with E-state index in [4.69, 9.17) is 0 Å². The van der Waals surface area contributed by atoms with E-state index in [1.165, 1.54) is 25.0 Å². The van der Waals surface area contributed by atoms with Gasteiger partial charge in [-0.1, -0.05) is 6.07 Å². The van der Waals surface area contributed by atoms with Crippen molar-refractivity contribution in [2.75, 3.05) is 11.9 Å². The molecule has 0 atom stereocenters. The van der Waals surface area contributed by atoms with Gasteiger partial charge in [0.25, 0.3) is 0 Å². The summed E-state index contributed by atoms with van der Waals surface area (Å²) in [7, 11) is 1.93. The second-order valence-corrected chi connectivity index (χ2v) is 5.20. The second kappa shape index (κ2) is 5.59. The average molecular weight is 271 g/mol. The number of pyridine rings is 1. The molecular formula is C16H18FN3. The Morgan fingerprint density at radius 2 is 2.05 bits per heavy atom. The first-order valence-corrected chi connectivity index (χ1v) is 6.90. The lowest BCUT2D eigenvalue weighted by Crippen LogP contribution is -2.17. The van der Waals surface area contributed by atoms with Gasteiger partial charge in [0.1, 0.15) is 5.82 Å². The summed E-state index contributed by atoms with van der Waals surface area (Å²) in [6.07, 6.45) is 4.33. The summed E-state index contributed by atoms with van der Waals surface area (Å²) in [5.41, 5.74) is 2.85. The van der Waals surface area contributed by atoms with Crippen LogP contribution in [0.25, 0.3) is 0 Å². The minimum Gasteiger partial charge on any atom is -0.344 e. The van der Waals surface area contributed by atoms with Crippen LogP contribution >= 0.6 is 0 Å². The first-order valence-electron chi connectivity index (χ1n) is 6.90. The highest BCUT2D eigenvalue weighted by molar-refractivity contribution is 5.62. The van der Waals surface area contributed by atoms with Crippen LogP contribution in [0, 0.1) is 5.82 Å². The Kier molecular flexibility index (Phi) is 3.65. The Hall–Kier alpha value is -1.94. The Balaban J connectivity index is 1.76. The zero-order valence-electron chi connectivity index (χ0n) is 11.5. The molecule has 1 N–H and O–H groups in total. The predicted molar refractivity (Wildman–Crippen MR) is 78.6 cm³/mol. The van der Waals surface area contributed by atoms with E-state index in [0.717, 1.165) is 23.6 Å². The Morgan fingerprint density at radius 1 is 1.25 bits per heavy atom. The second-order valence-electron chi connectivity index (χ2n) is 5.20. The molecule has 0 unspecified atom stereocenters. The van der Waals surface area contributed by atoms with E-state index in [1.54, 1.807) is 12.3 Å². The van der Waals surface area contributed by atoms with Crippen LogP contribution in [-0.2, 0) is 6.54 Å². The van der Waals surface area contributed by atoms with Crippen LogP contribution in [0.4, 0.5) is 15.8 Å². The van der Waals surface area contributed by atoms with Crippen molar-refractivity contribution in [3.05, 3.63) is 54.1 Å². The lowest BCUT2D eigenvalue weighted by molar-refractivity contribution is 0.628. The van der Waals surface area contributed by atoms with Gasteiger partial charge in [0.2, 0.25) is 0 Å². The monoisotopic (exact) mass is 271 g/mol. The van der Waals surface area contributed by atoms with Gasteiger partial charge < -0.3 is 10.2 Å². The molecule has 1 saturated carbocycles. The molecule has 20 heavy (non-hydrogen) atoms. The van der Waals surface area contributed by atoms with E-state index in [-0.39, 0.29) is 5.82 Å². The molecule has 1 aliphatic carbocycles. The Bertz CT molecular complexity index is 596. The fourth-order valence-electron chi connectivity index (χ4n) is 2.14. The number of rotatable bonds is 5. The van der Waals surface area contributed by atoms with Gasteiger partial charge in [-0.05, 0) is 43.2 Å². The largest absolute Gasteiger partial charge is 0.344 e. The van der Waals surface area contributed by atoms with E-state index in [9.17, 15) is 4.39 Å². The van der Waals surface area contributed by atoms with Gasteiger partial charge in [0.15, 0.2) is 0 Å². The number of nitrogens with zero attached hydrogens (tertiary/aromatic N) is 2. The molecule has 1 fully saturated rings. The Labute approximate surface area is 118 Å². The van der Waals surface area contributed by atoms with Crippen molar-refractivity contribution >= 4 is 11.4 Å². The molecule has 0 spiro atoms. The van der Waals surface area contributed by atoms with Crippen LogP contribution in [0.5, 0.6) is 0 Å². The quantitative estimate of drug-likeness (QED) is 0.905. The molecule has 1 aliphatic rings. The van der Waals surface area contributed by atoms with Crippen molar-refractivity contribution in [3.63, 3.8) is 0 Å². The molecule has 0 saturated heterocycles. The van der Waals surface area contributed by atoms with Crippen LogP contribution < -0.4 is 10.2 Å². The standard InChI is InChI=1S/C16H18FN3/c1-20(15-4-2-3-12(17)9-15)16-7-8-18-14(10-16)11-19-13-5-6-13/h2-4,7-10,13,19H,5-6,11H2,1H3. The summed E-state index contributed by atoms with van der Waals surface area (Å²) >= 11 is 0. The molecule has 104 valence electrons. The average Bonchev–Trinajstić information content (AvgIpc) is 3.29. The molecule has 3 rings (SSSR count). The lowest BCUT2D eigenvalue weighted by Gasteiger charge is -2.20. The van der Waals surface area contributed by atoms with Crippen molar-refractivity contribution < 1.29 is 4.39 Å². The van der Waals surface area contributed by atoms with Gasteiger partial charge in [0.05, 0.1) is 5.69 Å². The van der Waals surface area contributed by atoms with Crippen molar-refractivity contribution in [3.8, 4) is 0 Å². The summed E-state index contributed by atoms with van der Waals surface area (Å²) in [4.78, 5) is 6.33. The van der Waals surface area contributed by atoms with E-state index >= 15 is 0 Å². The number of hydrogen-bond acceptors (Lipinski definition) is 3. The van der Waals surface area contributed by atoms with Crippen LogP contribution in [0.3, 0.4) is 0 Å². The summed E-state index contributed by atoms with van der Waals surface area (Å²) in [6, 6.07) is 11.2. The smallest absolute Gasteiger partial charge is 0.125 e. The van der Waals surface area contributed by atoms with Gasteiger partial charge in [-0.3, -0.25) is 4.98 Å². The third kappa shape index (κ3) is 3.14. The van der Waals surface area contributed by atoms with Gasteiger partial charge in [-0.2, -0.15) is 0 Å². The predicted octanol–water partition coefficient (Wildman–Crippen LogP) is 3.24. The lowest BCUT2D eigenvalue weighted by atomic mass is 10.2. The summed E-state index contributed by atoms with van der Waals surface area (Å²) in [6.45, 7) is 0.787. The maximum atomic E-state index is 13.3. The molecule has 0 amide bonds. The third-order valence-corrected chi connectivity index (χ3v) is 3.53. The molecule has 3 nitrogen and oxygen atoms in total. The third-order valence-electron chi connectivity index (χ3n) is 3.53. The van der Waals surface area contributed by atoms with Crippen molar-refractivity contribution in [1.29, 1.82) is 0 Å². The molecular weight excluding hydrogens is 253 g/mol. The number of benzene rings is 1. The SMILES string of the molecule is CN(c1cccc(F)c1)c1ccnc(CNC2CC2)c1. The van der Waals surface area contributed by atoms with Gasteiger partial charge in [-0.25, -0.2) is 4.39 Å². The molecule has 1 aromatic carbocycles. The molecule has 0 bridgehead atoms. The van der Waals surface area contributed by atoms with Gasteiger partial charge in [-0.15, -0.1) is 0 Å². The Morgan fingerprint density at radius 3 is 2.80 bits per heavy atom. The highest BCUT2D eigenvalue weighted by Gasteiger charge is 2.20. The number of aromatic nitrogens is 1. The van der Waals surface area contributed by atoms with Gasteiger partial charge >= 0.3 is 0 Å². The maximum absolute atomic E-state index is 13.3. The number of halogens is 1. The van der Waals surface area contributed by atoms with Crippen LogP contribution in [0.2, 0.25) is 0 Å². The van der Waals surface area contributed by atoms with E-state index < -0.39 is 0 Å². The molecule has 0 aliphatic heterocycles. The summed E-state index contributed by atoms with van der Waals surface area (Å²) in [5, 5.41) is 3.45. The highest BCUT2D eigenvalue weighted by atomic mass is 19.1. The normalized spacial score (nSPS) is 14.3. The van der Waals surface area contributed by atoms with Crippen molar-refractivity contribution in [1.82, 2.24) is 10.3 Å².